The number of hydrogen-bond donors (Lipinski definition) is 1. The van der Waals surface area contributed by atoms with E-state index in [0.29, 0.717) is 5.52 Å². The fourth-order valence-corrected chi connectivity index (χ4v) is 1.34. The van der Waals surface area contributed by atoms with Crippen molar-refractivity contribution in [2.24, 2.45) is 0 Å². The average Bonchev–Trinajstić information content (AvgIpc) is 2.35. The third-order valence-electron chi connectivity index (χ3n) is 1.44. The van der Waals surface area contributed by atoms with Crippen molar-refractivity contribution < 1.29 is 0 Å². The number of nitrogens with one attached hydrogen (secondary N) is 1. The molecule has 56 valence electrons. The van der Waals surface area contributed by atoms with Gasteiger partial charge in [-0.15, -0.1) is 0 Å². The first kappa shape index (κ1) is 6.60. The Kier molecular flexibility index (Phi) is 1.32. The second-order valence-corrected chi connectivity index (χ2v) is 2.91. The van der Waals surface area contributed by atoms with Gasteiger partial charge in [0.05, 0.1) is 4.60 Å². The third kappa shape index (κ3) is 0.883. The molecule has 11 heavy (non-hydrogen) atoms. The number of H-pyrrole nitrogens is 1. The highest BCUT2D eigenvalue weighted by Crippen LogP contribution is 2.10. The minimum atomic E-state index is -0.182. The maximum Gasteiger partial charge on any atom is 0.288 e. The highest BCUT2D eigenvalue weighted by Gasteiger charge is 1.99. The first-order chi connectivity index (χ1) is 5.29. The Labute approximate surface area is 70.0 Å². The van der Waals surface area contributed by atoms with Gasteiger partial charge in [0.2, 0.25) is 0 Å². The smallest absolute Gasteiger partial charge is 0.288 e. The monoisotopic (exact) mass is 213 g/mol. The summed E-state index contributed by atoms with van der Waals surface area (Å²) >= 11 is 3.27. The van der Waals surface area contributed by atoms with Crippen LogP contribution in [-0.2, 0) is 0 Å². The second-order valence-electron chi connectivity index (χ2n) is 2.10. The molecule has 0 spiro atoms. The number of halogens is 1. The maximum atomic E-state index is 11.0. The molecule has 2 rings (SSSR count). The van der Waals surface area contributed by atoms with Crippen LogP contribution in [0.1, 0.15) is 0 Å². The first-order valence-electron chi connectivity index (χ1n) is 2.99. The zero-order chi connectivity index (χ0) is 7.84. The molecule has 0 unspecified atom stereocenters. The number of nitrogens with zero attached hydrogens (tertiary/aromatic N) is 2. The molecule has 0 bridgehead atoms. The minimum Gasteiger partial charge on any atom is -0.288 e. The standard InChI is InChI=1S/C6H4BrN3O/c7-5-2-1-4-6(11)9-8-3-10(4)5/h1-3H,(H,9,11). The Morgan fingerprint density at radius 3 is 3.09 bits per heavy atom. The molecule has 0 saturated heterocycles. The molecular weight excluding hydrogens is 210 g/mol. The molecule has 0 fully saturated rings. The Morgan fingerprint density at radius 1 is 1.55 bits per heavy atom. The van der Waals surface area contributed by atoms with Gasteiger partial charge in [-0.1, -0.05) is 0 Å². The summed E-state index contributed by atoms with van der Waals surface area (Å²) in [5.41, 5.74) is 0.407. The van der Waals surface area contributed by atoms with Crippen LogP contribution >= 0.6 is 15.9 Å². The Morgan fingerprint density at radius 2 is 2.36 bits per heavy atom. The average molecular weight is 214 g/mol. The van der Waals surface area contributed by atoms with E-state index >= 15 is 0 Å². The molecule has 0 aromatic carbocycles. The van der Waals surface area contributed by atoms with Gasteiger partial charge in [0, 0.05) is 0 Å². The highest BCUT2D eigenvalue weighted by molar-refractivity contribution is 9.10. The summed E-state index contributed by atoms with van der Waals surface area (Å²) < 4.78 is 2.49. The van der Waals surface area contributed by atoms with Gasteiger partial charge in [-0.2, -0.15) is 5.10 Å². The lowest BCUT2D eigenvalue weighted by molar-refractivity contribution is 0.912. The van der Waals surface area contributed by atoms with Crippen LogP contribution in [0.4, 0.5) is 0 Å². The van der Waals surface area contributed by atoms with Crippen LogP contribution in [0.3, 0.4) is 0 Å². The topological polar surface area (TPSA) is 50.2 Å². The van der Waals surface area contributed by atoms with Crippen molar-refractivity contribution in [3.8, 4) is 0 Å². The zero-order valence-corrected chi connectivity index (χ0v) is 7.00. The van der Waals surface area contributed by atoms with Crippen LogP contribution in [0.5, 0.6) is 0 Å². The maximum absolute atomic E-state index is 11.0. The zero-order valence-electron chi connectivity index (χ0n) is 5.41. The van der Waals surface area contributed by atoms with Crippen molar-refractivity contribution in [1.82, 2.24) is 14.6 Å². The van der Waals surface area contributed by atoms with E-state index < -0.39 is 0 Å². The van der Waals surface area contributed by atoms with Crippen molar-refractivity contribution in [1.29, 1.82) is 0 Å². The van der Waals surface area contributed by atoms with E-state index in [1.807, 2.05) is 0 Å². The van der Waals surface area contributed by atoms with Gasteiger partial charge in [-0.05, 0) is 28.1 Å². The molecule has 0 aliphatic rings. The molecule has 2 heterocycles. The van der Waals surface area contributed by atoms with Gasteiger partial charge in [0.15, 0.2) is 0 Å². The van der Waals surface area contributed by atoms with Crippen molar-refractivity contribution in [2.45, 2.75) is 0 Å². The molecule has 0 atom stereocenters. The van der Waals surface area contributed by atoms with Gasteiger partial charge in [0.25, 0.3) is 5.56 Å². The van der Waals surface area contributed by atoms with Crippen LogP contribution in [-0.4, -0.2) is 14.6 Å². The lowest BCUT2D eigenvalue weighted by Gasteiger charge is -1.91. The first-order valence-corrected chi connectivity index (χ1v) is 3.78. The molecule has 0 amide bonds. The number of aromatic nitrogens is 3. The van der Waals surface area contributed by atoms with E-state index in [0.717, 1.165) is 4.60 Å². The lowest BCUT2D eigenvalue weighted by atomic mass is 10.5. The summed E-state index contributed by atoms with van der Waals surface area (Å²) in [7, 11) is 0. The van der Waals surface area contributed by atoms with Crippen molar-refractivity contribution >= 4 is 21.4 Å². The van der Waals surface area contributed by atoms with Gasteiger partial charge < -0.3 is 0 Å². The second kappa shape index (κ2) is 2.20. The molecule has 1 N–H and O–H groups in total. The van der Waals surface area contributed by atoms with E-state index in [4.69, 9.17) is 0 Å². The normalized spacial score (nSPS) is 10.6. The van der Waals surface area contributed by atoms with Gasteiger partial charge in [0.1, 0.15) is 11.8 Å². The Bertz CT molecular complexity index is 444. The van der Waals surface area contributed by atoms with Gasteiger partial charge >= 0.3 is 0 Å². The van der Waals surface area contributed by atoms with Crippen LogP contribution in [0.15, 0.2) is 27.9 Å². The number of aromatic amines is 1. The van der Waals surface area contributed by atoms with Crippen LogP contribution in [0, 0.1) is 0 Å². The molecule has 5 heteroatoms. The summed E-state index contributed by atoms with van der Waals surface area (Å²) in [4.78, 5) is 11.0. The molecule has 4 nitrogen and oxygen atoms in total. The molecule has 0 radical (unpaired) electrons. The molecule has 0 saturated carbocycles. The van der Waals surface area contributed by atoms with Crippen LogP contribution in [0.25, 0.3) is 5.52 Å². The number of hydrogen-bond acceptors (Lipinski definition) is 2. The van der Waals surface area contributed by atoms with Gasteiger partial charge in [-0.3, -0.25) is 9.20 Å². The third-order valence-corrected chi connectivity index (χ3v) is 2.09. The van der Waals surface area contributed by atoms with Crippen LogP contribution in [0.2, 0.25) is 0 Å². The quantitative estimate of drug-likeness (QED) is 0.704. The lowest BCUT2D eigenvalue weighted by Crippen LogP contribution is -2.10. The summed E-state index contributed by atoms with van der Waals surface area (Å²) in [6, 6.07) is 3.52. The van der Waals surface area contributed by atoms with E-state index in [1.165, 1.54) is 0 Å². The minimum absolute atomic E-state index is 0.182. The SMILES string of the molecule is O=c1[nH]ncn2c(Br)ccc12. The molecule has 0 aliphatic carbocycles. The predicted octanol–water partition coefficient (Wildman–Crippen LogP) is 0.785. The largest absolute Gasteiger partial charge is 0.288 e. The van der Waals surface area contributed by atoms with Crippen molar-refractivity contribution in [3.63, 3.8) is 0 Å². The van der Waals surface area contributed by atoms with E-state index in [1.54, 1.807) is 22.9 Å². The Balaban J connectivity index is 3.06. The summed E-state index contributed by atoms with van der Waals surface area (Å²) in [6.45, 7) is 0. The number of fused-ring (bicyclic) bond motifs is 1. The van der Waals surface area contributed by atoms with E-state index in [2.05, 4.69) is 26.1 Å². The van der Waals surface area contributed by atoms with E-state index in [-0.39, 0.29) is 5.56 Å². The van der Waals surface area contributed by atoms with Crippen LogP contribution < -0.4 is 5.56 Å². The predicted molar refractivity (Wildman–Crippen MR) is 43.5 cm³/mol. The van der Waals surface area contributed by atoms with Gasteiger partial charge in [-0.25, -0.2) is 5.10 Å². The number of rotatable bonds is 0. The highest BCUT2D eigenvalue weighted by atomic mass is 79.9. The van der Waals surface area contributed by atoms with Crippen molar-refractivity contribution in [3.05, 3.63) is 33.4 Å². The summed E-state index contributed by atoms with van der Waals surface area (Å²) in [5.74, 6) is 0. The molecule has 2 aromatic rings. The van der Waals surface area contributed by atoms with E-state index in [9.17, 15) is 4.79 Å². The molecule has 0 aliphatic heterocycles. The molecular formula is C6H4BrN3O. The van der Waals surface area contributed by atoms with Crippen molar-refractivity contribution in [2.75, 3.05) is 0 Å². The fourth-order valence-electron chi connectivity index (χ4n) is 0.928. The molecule has 2 aromatic heterocycles. The summed E-state index contributed by atoms with van der Waals surface area (Å²) in [5, 5.41) is 5.98. The fraction of sp³-hybridized carbons (Fsp3) is 0. The summed E-state index contributed by atoms with van der Waals surface area (Å²) in [6.07, 6.45) is 1.54. The Hall–Kier alpha value is -1.10.